The smallest absolute Gasteiger partial charge is 0.137 e. The highest BCUT2D eigenvalue weighted by Crippen LogP contribution is 2.43. The minimum absolute atomic E-state index is 0.866. The molecule has 248 valence electrons. The zero-order valence-corrected chi connectivity index (χ0v) is 28.8. The molecule has 0 bridgehead atoms. The number of furan rings is 1. The normalized spacial score (nSPS) is 11.8. The Balaban J connectivity index is 1.13. The largest absolute Gasteiger partial charge is 0.456 e. The van der Waals surface area contributed by atoms with Crippen molar-refractivity contribution in [2.24, 2.45) is 0 Å². The molecule has 2 heterocycles. The average molecular weight is 677 g/mol. The van der Waals surface area contributed by atoms with Gasteiger partial charge in [-0.2, -0.15) is 0 Å². The summed E-state index contributed by atoms with van der Waals surface area (Å²) in [5.41, 5.74) is 10.9. The van der Waals surface area contributed by atoms with Crippen LogP contribution in [-0.4, -0.2) is 4.57 Å². The Morgan fingerprint density at radius 2 is 0.925 bits per heavy atom. The van der Waals surface area contributed by atoms with Crippen molar-refractivity contribution in [1.29, 1.82) is 0 Å². The van der Waals surface area contributed by atoms with Crippen molar-refractivity contribution in [2.45, 2.75) is 0 Å². The molecule has 0 amide bonds. The average Bonchev–Trinajstić information content (AvgIpc) is 3.74. The number of anilines is 3. The zero-order chi connectivity index (χ0) is 34.9. The summed E-state index contributed by atoms with van der Waals surface area (Å²) in [6, 6.07) is 69.8. The highest BCUT2D eigenvalue weighted by Gasteiger charge is 2.19. The molecule has 0 unspecified atom stereocenters. The number of aromatic nitrogens is 1. The molecule has 0 saturated heterocycles. The van der Waals surface area contributed by atoms with E-state index >= 15 is 0 Å². The maximum absolute atomic E-state index is 6.60. The van der Waals surface area contributed by atoms with E-state index in [0.717, 1.165) is 50.2 Å². The first-order valence-electron chi connectivity index (χ1n) is 18.1. The second-order valence-electron chi connectivity index (χ2n) is 13.8. The summed E-state index contributed by atoms with van der Waals surface area (Å²) < 4.78 is 8.98. The highest BCUT2D eigenvalue weighted by molar-refractivity contribution is 6.12. The Labute approximate surface area is 306 Å². The summed E-state index contributed by atoms with van der Waals surface area (Å²) >= 11 is 0. The molecular formula is C50H32N2O. The van der Waals surface area contributed by atoms with E-state index in [1.807, 2.05) is 0 Å². The quantitative estimate of drug-likeness (QED) is 0.181. The predicted molar refractivity (Wildman–Crippen MR) is 223 cm³/mol. The van der Waals surface area contributed by atoms with E-state index < -0.39 is 0 Å². The van der Waals surface area contributed by atoms with Gasteiger partial charge in [0.25, 0.3) is 0 Å². The van der Waals surface area contributed by atoms with Crippen LogP contribution in [0.2, 0.25) is 0 Å². The summed E-state index contributed by atoms with van der Waals surface area (Å²) in [6.45, 7) is 0. The van der Waals surface area contributed by atoms with Crippen LogP contribution >= 0.6 is 0 Å². The van der Waals surface area contributed by atoms with Crippen molar-refractivity contribution >= 4 is 82.4 Å². The fraction of sp³-hybridized carbons (Fsp3) is 0. The van der Waals surface area contributed by atoms with Gasteiger partial charge in [-0.15, -0.1) is 0 Å². The number of benzene rings is 9. The third-order valence-corrected chi connectivity index (χ3v) is 10.7. The Bertz CT molecular complexity index is 3170. The zero-order valence-electron chi connectivity index (χ0n) is 28.8. The number of hydrogen-bond donors (Lipinski definition) is 0. The molecule has 0 saturated carbocycles. The topological polar surface area (TPSA) is 21.3 Å². The Hall–Kier alpha value is -7.10. The van der Waals surface area contributed by atoms with Crippen molar-refractivity contribution < 1.29 is 4.42 Å². The van der Waals surface area contributed by atoms with Gasteiger partial charge in [0.05, 0.1) is 11.0 Å². The van der Waals surface area contributed by atoms with Crippen LogP contribution in [0.15, 0.2) is 199 Å². The van der Waals surface area contributed by atoms with E-state index in [1.165, 1.54) is 49.0 Å². The second-order valence-corrected chi connectivity index (χ2v) is 13.8. The first kappa shape index (κ1) is 29.6. The van der Waals surface area contributed by atoms with Gasteiger partial charge in [0.1, 0.15) is 11.2 Å². The minimum Gasteiger partial charge on any atom is -0.456 e. The van der Waals surface area contributed by atoms with Crippen molar-refractivity contribution in [2.75, 3.05) is 4.90 Å². The number of nitrogens with zero attached hydrogens (tertiary/aromatic N) is 2. The molecule has 9 aromatic carbocycles. The molecule has 0 aliphatic carbocycles. The molecular weight excluding hydrogens is 645 g/mol. The van der Waals surface area contributed by atoms with Crippen molar-refractivity contribution in [3.63, 3.8) is 0 Å². The molecule has 0 radical (unpaired) electrons. The van der Waals surface area contributed by atoms with Gasteiger partial charge in [0.15, 0.2) is 0 Å². The molecule has 2 aromatic heterocycles. The Morgan fingerprint density at radius 3 is 1.77 bits per heavy atom. The van der Waals surface area contributed by atoms with Crippen LogP contribution in [0.25, 0.3) is 82.1 Å². The summed E-state index contributed by atoms with van der Waals surface area (Å²) in [4.78, 5) is 2.36. The van der Waals surface area contributed by atoms with Crippen LogP contribution in [0.4, 0.5) is 17.1 Å². The third-order valence-electron chi connectivity index (χ3n) is 10.7. The van der Waals surface area contributed by atoms with Crippen LogP contribution in [0, 0.1) is 0 Å². The van der Waals surface area contributed by atoms with Crippen LogP contribution in [0.1, 0.15) is 0 Å². The summed E-state index contributed by atoms with van der Waals surface area (Å²) in [5.74, 6) is 0. The molecule has 0 N–H and O–H groups in total. The molecule has 0 fully saturated rings. The standard InChI is InChI=1S/C50H32N2O/c1-3-11-33(12-4-1)36-19-20-38-28-40(22-21-37(38)27-36)51(42-24-26-45-46-29-34-13-7-8-14-35(34)30-49(46)53-50(45)32-42)41-23-25-44-43-17-9-10-18-47(43)52(48(44)31-41)39-15-5-2-6-16-39/h1-32H. The van der Waals surface area contributed by atoms with E-state index in [2.05, 4.69) is 204 Å². The van der Waals surface area contributed by atoms with E-state index in [4.69, 9.17) is 4.42 Å². The van der Waals surface area contributed by atoms with Gasteiger partial charge in [-0.05, 0) is 105 Å². The van der Waals surface area contributed by atoms with Crippen LogP contribution < -0.4 is 4.90 Å². The van der Waals surface area contributed by atoms with Gasteiger partial charge in [-0.25, -0.2) is 0 Å². The number of hydrogen-bond acceptors (Lipinski definition) is 2. The van der Waals surface area contributed by atoms with Gasteiger partial charge in [-0.3, -0.25) is 0 Å². The molecule has 0 atom stereocenters. The first-order valence-corrected chi connectivity index (χ1v) is 18.1. The number of rotatable bonds is 5. The maximum atomic E-state index is 6.60. The van der Waals surface area contributed by atoms with Crippen molar-refractivity contribution in [1.82, 2.24) is 4.57 Å². The summed E-state index contributed by atoms with van der Waals surface area (Å²) in [7, 11) is 0. The van der Waals surface area contributed by atoms with Crippen molar-refractivity contribution in [3.8, 4) is 16.8 Å². The van der Waals surface area contributed by atoms with E-state index in [-0.39, 0.29) is 0 Å². The monoisotopic (exact) mass is 676 g/mol. The van der Waals surface area contributed by atoms with Crippen LogP contribution in [0.5, 0.6) is 0 Å². The lowest BCUT2D eigenvalue weighted by atomic mass is 10.0. The number of fused-ring (bicyclic) bond motifs is 8. The fourth-order valence-electron chi connectivity index (χ4n) is 8.17. The molecule has 53 heavy (non-hydrogen) atoms. The molecule has 0 aliphatic rings. The van der Waals surface area contributed by atoms with Gasteiger partial charge in [0.2, 0.25) is 0 Å². The van der Waals surface area contributed by atoms with Crippen molar-refractivity contribution in [3.05, 3.63) is 194 Å². The predicted octanol–water partition coefficient (Wildman–Crippen LogP) is 14.1. The molecule has 3 nitrogen and oxygen atoms in total. The third kappa shape index (κ3) is 4.82. The highest BCUT2D eigenvalue weighted by atomic mass is 16.3. The SMILES string of the molecule is c1ccc(-c2ccc3cc(N(c4ccc5c(c4)oc4cc6ccccc6cc45)c4ccc5c6ccccc6n(-c6ccccc6)c5c4)ccc3c2)cc1. The molecule has 3 heteroatoms. The van der Waals surface area contributed by atoms with Gasteiger partial charge in [0, 0.05) is 50.4 Å². The lowest BCUT2D eigenvalue weighted by Gasteiger charge is -2.26. The van der Waals surface area contributed by atoms with E-state index in [1.54, 1.807) is 0 Å². The lowest BCUT2D eigenvalue weighted by molar-refractivity contribution is 0.669. The molecule has 11 aromatic rings. The minimum atomic E-state index is 0.866. The molecule has 0 spiro atoms. The van der Waals surface area contributed by atoms with Gasteiger partial charge < -0.3 is 13.9 Å². The molecule has 11 rings (SSSR count). The maximum Gasteiger partial charge on any atom is 0.137 e. The Kier molecular flexibility index (Phi) is 6.55. The van der Waals surface area contributed by atoms with Gasteiger partial charge >= 0.3 is 0 Å². The molecule has 0 aliphatic heterocycles. The lowest BCUT2D eigenvalue weighted by Crippen LogP contribution is -2.10. The summed E-state index contributed by atoms with van der Waals surface area (Å²) in [5, 5.41) is 9.47. The van der Waals surface area contributed by atoms with E-state index in [9.17, 15) is 0 Å². The summed E-state index contributed by atoms with van der Waals surface area (Å²) in [6.07, 6.45) is 0. The second kappa shape index (κ2) is 11.7. The Morgan fingerprint density at radius 1 is 0.340 bits per heavy atom. The van der Waals surface area contributed by atoms with E-state index in [0.29, 0.717) is 0 Å². The van der Waals surface area contributed by atoms with Crippen LogP contribution in [-0.2, 0) is 0 Å². The van der Waals surface area contributed by atoms with Gasteiger partial charge in [-0.1, -0.05) is 115 Å². The van der Waals surface area contributed by atoms with Crippen LogP contribution in [0.3, 0.4) is 0 Å². The first-order chi connectivity index (χ1) is 26.2. The number of para-hydroxylation sites is 2. The fourth-order valence-corrected chi connectivity index (χ4v) is 8.17.